The first-order valence-corrected chi connectivity index (χ1v) is 11.7. The van der Waals surface area contributed by atoms with Gasteiger partial charge in [-0.1, -0.05) is 11.1 Å². The van der Waals surface area contributed by atoms with Crippen molar-refractivity contribution in [2.24, 2.45) is 0 Å². The van der Waals surface area contributed by atoms with Crippen LogP contribution in [0.15, 0.2) is 36.5 Å². The summed E-state index contributed by atoms with van der Waals surface area (Å²) < 4.78 is 28.8. The third kappa shape index (κ3) is 4.34. The average Bonchev–Trinajstić information content (AvgIpc) is 3.21. The smallest absolute Gasteiger partial charge is 0.222 e. The summed E-state index contributed by atoms with van der Waals surface area (Å²) in [5.41, 5.74) is 2.54. The molecule has 1 fully saturated rings. The van der Waals surface area contributed by atoms with Crippen molar-refractivity contribution >= 4 is 26.9 Å². The molecule has 2 aromatic heterocycles. The number of morpholine rings is 1. The molecule has 1 aliphatic rings. The standard InChI is InChI=1S/C21H26N4O3S/c1-3-15(2)29(26,27)14-18-13-20(25-8-10-28-11-9-25)24-21(23-18)17-4-5-19-16(12-17)6-7-22-19/h4-7,12-13,15,22H,3,8-11,14H2,1-2H3/p+1. The van der Waals surface area contributed by atoms with Gasteiger partial charge in [-0.15, -0.1) is 0 Å². The number of H-pyrrole nitrogens is 1. The Bertz CT molecular complexity index is 1050. The van der Waals surface area contributed by atoms with Gasteiger partial charge in [0.05, 0.1) is 18.9 Å². The molecule has 8 heteroatoms. The maximum atomic E-state index is 12.8. The molecule has 2 N–H and O–H groups in total. The molecular weight excluding hydrogens is 388 g/mol. The monoisotopic (exact) mass is 415 g/mol. The molecule has 0 saturated carbocycles. The molecule has 0 aliphatic carbocycles. The fraction of sp³-hybridized carbons (Fsp3) is 0.429. The molecule has 154 valence electrons. The van der Waals surface area contributed by atoms with Crippen LogP contribution in [0.1, 0.15) is 26.0 Å². The number of hydrogen-bond acceptors (Lipinski definition) is 5. The Morgan fingerprint density at radius 3 is 2.79 bits per heavy atom. The second-order valence-corrected chi connectivity index (χ2v) is 9.95. The van der Waals surface area contributed by atoms with Crippen LogP contribution >= 0.6 is 0 Å². The molecule has 0 spiro atoms. The number of aromatic amines is 1. The fourth-order valence-corrected chi connectivity index (χ4v) is 4.82. The van der Waals surface area contributed by atoms with Gasteiger partial charge in [0.25, 0.3) is 0 Å². The SMILES string of the molecule is CCC(C)[S+](=O)(O)Cc1cc(N2CCOCC2)nc(-c2ccc3[nH]ccc3c2)n1. The maximum absolute atomic E-state index is 12.8. The maximum Gasteiger partial charge on any atom is 0.222 e. The van der Waals surface area contributed by atoms with Gasteiger partial charge < -0.3 is 14.6 Å². The van der Waals surface area contributed by atoms with Gasteiger partial charge in [0.2, 0.25) is 10.2 Å². The van der Waals surface area contributed by atoms with Crippen molar-refractivity contribution in [3.8, 4) is 11.4 Å². The van der Waals surface area contributed by atoms with Crippen molar-refractivity contribution in [3.05, 3.63) is 42.2 Å². The molecule has 0 amide bonds. The molecule has 4 rings (SSSR count). The van der Waals surface area contributed by atoms with Crippen LogP contribution in [0.4, 0.5) is 5.82 Å². The zero-order valence-electron chi connectivity index (χ0n) is 16.8. The van der Waals surface area contributed by atoms with Crippen LogP contribution in [0.3, 0.4) is 0 Å². The van der Waals surface area contributed by atoms with E-state index in [0.29, 0.717) is 31.2 Å². The summed E-state index contributed by atoms with van der Waals surface area (Å²) in [4.78, 5) is 14.8. The minimum atomic E-state index is -3.02. The van der Waals surface area contributed by atoms with Gasteiger partial charge in [-0.05, 0) is 37.6 Å². The lowest BCUT2D eigenvalue weighted by atomic mass is 10.1. The van der Waals surface area contributed by atoms with Gasteiger partial charge in [0.15, 0.2) is 11.6 Å². The van der Waals surface area contributed by atoms with Crippen molar-refractivity contribution in [1.29, 1.82) is 0 Å². The Kier molecular flexibility index (Phi) is 5.67. The van der Waals surface area contributed by atoms with Gasteiger partial charge in [0, 0.05) is 41.8 Å². The highest BCUT2D eigenvalue weighted by Gasteiger charge is 2.34. The van der Waals surface area contributed by atoms with Crippen molar-refractivity contribution in [3.63, 3.8) is 0 Å². The van der Waals surface area contributed by atoms with Crippen LogP contribution in [0.2, 0.25) is 0 Å². The van der Waals surface area contributed by atoms with Crippen molar-refractivity contribution in [1.82, 2.24) is 15.0 Å². The van der Waals surface area contributed by atoms with Crippen molar-refractivity contribution in [2.75, 3.05) is 31.2 Å². The number of nitrogens with zero attached hydrogens (tertiary/aromatic N) is 3. The van der Waals surface area contributed by atoms with Crippen LogP contribution < -0.4 is 4.90 Å². The second-order valence-electron chi connectivity index (χ2n) is 7.47. The summed E-state index contributed by atoms with van der Waals surface area (Å²) in [6.45, 7) is 6.52. The molecule has 3 heterocycles. The summed E-state index contributed by atoms with van der Waals surface area (Å²) in [5, 5.41) is 0.791. The Morgan fingerprint density at radius 1 is 1.24 bits per heavy atom. The van der Waals surface area contributed by atoms with E-state index in [4.69, 9.17) is 9.72 Å². The largest absolute Gasteiger partial charge is 0.378 e. The fourth-order valence-electron chi connectivity index (χ4n) is 3.45. The molecule has 2 atom stereocenters. The minimum Gasteiger partial charge on any atom is -0.378 e. The lowest BCUT2D eigenvalue weighted by Crippen LogP contribution is -2.37. The number of nitrogens with one attached hydrogen (secondary N) is 1. The van der Waals surface area contributed by atoms with E-state index in [9.17, 15) is 8.76 Å². The lowest BCUT2D eigenvalue weighted by molar-refractivity contribution is 0.122. The van der Waals surface area contributed by atoms with Gasteiger partial charge in [-0.25, -0.2) is 9.97 Å². The van der Waals surface area contributed by atoms with E-state index >= 15 is 0 Å². The average molecular weight is 416 g/mol. The molecule has 29 heavy (non-hydrogen) atoms. The topological polar surface area (TPSA) is 91.3 Å². The predicted molar refractivity (Wildman–Crippen MR) is 116 cm³/mol. The highest BCUT2D eigenvalue weighted by Crippen LogP contribution is 2.26. The zero-order chi connectivity index (χ0) is 20.4. The summed E-state index contributed by atoms with van der Waals surface area (Å²) in [6.07, 6.45) is 2.55. The number of rotatable bonds is 6. The molecular formula is C21H27N4O3S+. The van der Waals surface area contributed by atoms with Crippen LogP contribution in [0, 0.1) is 0 Å². The molecule has 1 saturated heterocycles. The molecule has 0 radical (unpaired) electrons. The number of ether oxygens (including phenoxy) is 1. The molecule has 7 nitrogen and oxygen atoms in total. The number of fused-ring (bicyclic) bond motifs is 1. The van der Waals surface area contributed by atoms with E-state index in [-0.39, 0.29) is 11.0 Å². The van der Waals surface area contributed by atoms with Gasteiger partial charge in [-0.2, -0.15) is 4.55 Å². The van der Waals surface area contributed by atoms with E-state index in [1.54, 1.807) is 0 Å². The van der Waals surface area contributed by atoms with E-state index in [2.05, 4.69) is 14.9 Å². The highest BCUT2D eigenvalue weighted by atomic mass is 32.3. The lowest BCUT2D eigenvalue weighted by Gasteiger charge is -2.28. The van der Waals surface area contributed by atoms with Gasteiger partial charge in [0.1, 0.15) is 11.1 Å². The summed E-state index contributed by atoms with van der Waals surface area (Å²) in [5.74, 6) is 1.38. The Morgan fingerprint density at radius 2 is 2.03 bits per heavy atom. The third-order valence-corrected chi connectivity index (χ3v) is 7.77. The number of aromatic nitrogens is 3. The summed E-state index contributed by atoms with van der Waals surface area (Å²) >= 11 is 0. The van der Waals surface area contributed by atoms with E-state index in [1.807, 2.05) is 50.4 Å². The molecule has 3 aromatic rings. The van der Waals surface area contributed by atoms with Crippen LogP contribution in [0.5, 0.6) is 0 Å². The Hall–Kier alpha value is -2.29. The minimum absolute atomic E-state index is 0.0290. The Labute approximate surface area is 171 Å². The van der Waals surface area contributed by atoms with Crippen molar-refractivity contribution < 1.29 is 13.5 Å². The number of benzene rings is 1. The van der Waals surface area contributed by atoms with Crippen LogP contribution in [-0.2, 0) is 24.9 Å². The number of hydrogen-bond donors (Lipinski definition) is 2. The first-order valence-electron chi connectivity index (χ1n) is 9.97. The van der Waals surface area contributed by atoms with Gasteiger partial charge >= 0.3 is 0 Å². The van der Waals surface area contributed by atoms with E-state index in [1.165, 1.54) is 0 Å². The Balaban J connectivity index is 1.75. The highest BCUT2D eigenvalue weighted by molar-refractivity contribution is 7.97. The first kappa shape index (κ1) is 20.0. The summed E-state index contributed by atoms with van der Waals surface area (Å²) in [6, 6.07) is 9.88. The number of anilines is 1. The molecule has 1 aliphatic heterocycles. The van der Waals surface area contributed by atoms with E-state index < -0.39 is 10.2 Å². The van der Waals surface area contributed by atoms with E-state index in [0.717, 1.165) is 35.4 Å². The zero-order valence-corrected chi connectivity index (χ0v) is 17.6. The summed E-state index contributed by atoms with van der Waals surface area (Å²) in [7, 11) is -3.02. The first-order chi connectivity index (χ1) is 14.0. The second kappa shape index (κ2) is 8.22. The van der Waals surface area contributed by atoms with Crippen LogP contribution in [0.25, 0.3) is 22.3 Å². The molecule has 0 bridgehead atoms. The van der Waals surface area contributed by atoms with Crippen molar-refractivity contribution in [2.45, 2.75) is 31.3 Å². The predicted octanol–water partition coefficient (Wildman–Crippen LogP) is 3.73. The normalized spacial score (nSPS) is 18.0. The molecule has 2 unspecified atom stereocenters. The molecule has 1 aromatic carbocycles. The third-order valence-electron chi connectivity index (χ3n) is 5.47. The van der Waals surface area contributed by atoms with Gasteiger partial charge in [-0.3, -0.25) is 0 Å². The van der Waals surface area contributed by atoms with Crippen LogP contribution in [-0.4, -0.2) is 51.1 Å². The quantitative estimate of drug-likeness (QED) is 0.596.